The lowest BCUT2D eigenvalue weighted by atomic mass is 9.91. The van der Waals surface area contributed by atoms with Crippen molar-refractivity contribution in [2.75, 3.05) is 5.32 Å². The Morgan fingerprint density at radius 2 is 2.00 bits per heavy atom. The van der Waals surface area contributed by atoms with Crippen molar-refractivity contribution in [2.45, 2.75) is 64.1 Å². The molecule has 0 radical (unpaired) electrons. The summed E-state index contributed by atoms with van der Waals surface area (Å²) >= 11 is 0. The molecule has 0 unspecified atom stereocenters. The fourth-order valence-electron chi connectivity index (χ4n) is 4.80. The van der Waals surface area contributed by atoms with E-state index in [1.807, 2.05) is 35.0 Å². The van der Waals surface area contributed by atoms with Gasteiger partial charge in [0.2, 0.25) is 0 Å². The highest BCUT2D eigenvalue weighted by molar-refractivity contribution is 6.06. The minimum Gasteiger partial charge on any atom is -0.381 e. The highest BCUT2D eigenvalue weighted by atomic mass is 16.1. The van der Waals surface area contributed by atoms with Crippen molar-refractivity contribution in [1.29, 1.82) is 0 Å². The Morgan fingerprint density at radius 3 is 2.71 bits per heavy atom. The summed E-state index contributed by atoms with van der Waals surface area (Å²) < 4.78 is 1.95. The number of imidazole rings is 1. The first-order valence-electron chi connectivity index (χ1n) is 12.5. The van der Waals surface area contributed by atoms with E-state index < -0.39 is 0 Å². The molecular weight excluding hydrogens is 438 g/mol. The largest absolute Gasteiger partial charge is 0.381 e. The summed E-state index contributed by atoms with van der Waals surface area (Å²) in [7, 11) is 0. The van der Waals surface area contributed by atoms with E-state index in [0.717, 1.165) is 72.2 Å². The summed E-state index contributed by atoms with van der Waals surface area (Å²) in [6, 6.07) is 10.8. The topological polar surface area (TPSA) is 114 Å². The quantitative estimate of drug-likeness (QED) is 0.306. The number of aromatic amines is 1. The molecule has 1 aliphatic rings. The van der Waals surface area contributed by atoms with E-state index in [-0.39, 0.29) is 11.9 Å². The molecule has 0 spiro atoms. The third-order valence-corrected chi connectivity index (χ3v) is 6.79. The van der Waals surface area contributed by atoms with Gasteiger partial charge in [-0.05, 0) is 55.9 Å². The van der Waals surface area contributed by atoms with Gasteiger partial charge < -0.3 is 25.9 Å². The number of fused-ring (bicyclic) bond motifs is 1. The number of pyridine rings is 1. The number of carbonyl (C=O) groups is 1. The molecule has 5 rings (SSSR count). The van der Waals surface area contributed by atoms with Gasteiger partial charge in [-0.2, -0.15) is 0 Å². The number of benzene rings is 1. The van der Waals surface area contributed by atoms with E-state index in [0.29, 0.717) is 18.2 Å². The summed E-state index contributed by atoms with van der Waals surface area (Å²) in [4.78, 5) is 25.4. The van der Waals surface area contributed by atoms with Crippen molar-refractivity contribution in [2.24, 2.45) is 5.73 Å². The predicted octanol–water partition coefficient (Wildman–Crippen LogP) is 4.31. The average Bonchev–Trinajstić information content (AvgIpc) is 3.55. The monoisotopic (exact) mass is 471 g/mol. The number of amides is 1. The smallest absolute Gasteiger partial charge is 0.255 e. The zero-order valence-electron chi connectivity index (χ0n) is 20.1. The predicted molar refractivity (Wildman–Crippen MR) is 139 cm³/mol. The molecule has 0 atom stereocenters. The Labute approximate surface area is 205 Å². The van der Waals surface area contributed by atoms with Gasteiger partial charge in [0.05, 0.1) is 17.6 Å². The molecule has 8 nitrogen and oxygen atoms in total. The Bertz CT molecular complexity index is 1270. The van der Waals surface area contributed by atoms with E-state index in [2.05, 4.69) is 38.6 Å². The number of rotatable bonds is 8. The standard InChI is InChI=1S/C27H33N7O/c1-2-3-21-14-23-25(32-20-8-6-19(28)7-9-20)24(16-30-26(23)33-21)27(35)31-15-18-4-10-22(11-5-18)34-13-12-29-17-34/h4-5,10-14,16-17,19-20H,2-3,6-9,15,28H2,1H3,(H,31,35)(H2,30,32,33). The third-order valence-electron chi connectivity index (χ3n) is 6.79. The summed E-state index contributed by atoms with van der Waals surface area (Å²) in [6.07, 6.45) is 13.1. The van der Waals surface area contributed by atoms with Crippen LogP contribution in [0.5, 0.6) is 0 Å². The Hall–Kier alpha value is -3.65. The maximum Gasteiger partial charge on any atom is 0.255 e. The van der Waals surface area contributed by atoms with Crippen LogP contribution in [0.3, 0.4) is 0 Å². The zero-order valence-corrected chi connectivity index (χ0v) is 20.1. The van der Waals surface area contributed by atoms with Gasteiger partial charge in [0, 0.05) is 54.0 Å². The number of hydrogen-bond donors (Lipinski definition) is 4. The van der Waals surface area contributed by atoms with Crippen molar-refractivity contribution in [3.63, 3.8) is 0 Å². The van der Waals surface area contributed by atoms with Crippen LogP contribution < -0.4 is 16.4 Å². The second kappa shape index (κ2) is 10.3. The summed E-state index contributed by atoms with van der Waals surface area (Å²) in [6.45, 7) is 2.59. The molecule has 0 saturated heterocycles. The second-order valence-electron chi connectivity index (χ2n) is 9.43. The van der Waals surface area contributed by atoms with Crippen LogP contribution in [0, 0.1) is 0 Å². The molecule has 1 fully saturated rings. The van der Waals surface area contributed by atoms with Gasteiger partial charge in [0.1, 0.15) is 5.65 Å². The molecule has 1 aromatic carbocycles. The Kier molecular flexibility index (Phi) is 6.81. The number of nitrogens with two attached hydrogens (primary N) is 1. The normalized spacial score (nSPS) is 18.0. The molecule has 5 N–H and O–H groups in total. The molecule has 4 aromatic rings. The van der Waals surface area contributed by atoms with Gasteiger partial charge in [-0.1, -0.05) is 25.5 Å². The van der Waals surface area contributed by atoms with Crippen molar-refractivity contribution < 1.29 is 4.79 Å². The van der Waals surface area contributed by atoms with Crippen LogP contribution in [0.25, 0.3) is 16.7 Å². The highest BCUT2D eigenvalue weighted by Crippen LogP contribution is 2.30. The number of hydrogen-bond acceptors (Lipinski definition) is 5. The fourth-order valence-corrected chi connectivity index (χ4v) is 4.80. The number of carbonyl (C=O) groups excluding carboxylic acids is 1. The van der Waals surface area contributed by atoms with Crippen molar-refractivity contribution in [1.82, 2.24) is 24.8 Å². The lowest BCUT2D eigenvalue weighted by Gasteiger charge is -2.28. The number of aromatic nitrogens is 4. The number of aryl methyl sites for hydroxylation is 1. The van der Waals surface area contributed by atoms with Gasteiger partial charge in [-0.15, -0.1) is 0 Å². The van der Waals surface area contributed by atoms with Crippen LogP contribution in [0.4, 0.5) is 5.69 Å². The molecule has 0 aliphatic heterocycles. The van der Waals surface area contributed by atoms with E-state index in [1.165, 1.54) is 0 Å². The van der Waals surface area contributed by atoms with Crippen molar-refractivity contribution in [3.8, 4) is 5.69 Å². The zero-order chi connectivity index (χ0) is 24.2. The van der Waals surface area contributed by atoms with Crippen molar-refractivity contribution >= 4 is 22.6 Å². The minimum atomic E-state index is -0.133. The highest BCUT2D eigenvalue weighted by Gasteiger charge is 2.23. The lowest BCUT2D eigenvalue weighted by Crippen LogP contribution is -2.33. The average molecular weight is 472 g/mol. The maximum atomic E-state index is 13.3. The molecule has 1 amide bonds. The van der Waals surface area contributed by atoms with Crippen LogP contribution >= 0.6 is 0 Å². The van der Waals surface area contributed by atoms with E-state index in [9.17, 15) is 4.79 Å². The van der Waals surface area contributed by atoms with Gasteiger partial charge >= 0.3 is 0 Å². The third kappa shape index (κ3) is 5.22. The van der Waals surface area contributed by atoms with Crippen LogP contribution in [-0.4, -0.2) is 37.5 Å². The number of H-pyrrole nitrogens is 1. The Balaban J connectivity index is 1.36. The molecule has 1 saturated carbocycles. The molecule has 1 aliphatic carbocycles. The molecule has 0 bridgehead atoms. The fraction of sp³-hybridized carbons (Fsp3) is 0.370. The van der Waals surface area contributed by atoms with Gasteiger partial charge in [-0.3, -0.25) is 4.79 Å². The molecule has 3 aromatic heterocycles. The van der Waals surface area contributed by atoms with Crippen LogP contribution in [0.1, 0.15) is 60.6 Å². The van der Waals surface area contributed by atoms with Crippen LogP contribution in [-0.2, 0) is 13.0 Å². The Morgan fingerprint density at radius 1 is 1.20 bits per heavy atom. The molecule has 182 valence electrons. The number of nitrogens with one attached hydrogen (secondary N) is 3. The molecule has 35 heavy (non-hydrogen) atoms. The van der Waals surface area contributed by atoms with Gasteiger partial charge in [0.15, 0.2) is 0 Å². The lowest BCUT2D eigenvalue weighted by molar-refractivity contribution is 0.0951. The van der Waals surface area contributed by atoms with Gasteiger partial charge in [0.25, 0.3) is 5.91 Å². The molecular formula is C27H33N7O. The van der Waals surface area contributed by atoms with Gasteiger partial charge in [-0.25, -0.2) is 9.97 Å². The number of nitrogens with zero attached hydrogens (tertiary/aromatic N) is 3. The van der Waals surface area contributed by atoms with E-state index >= 15 is 0 Å². The first-order valence-corrected chi connectivity index (χ1v) is 12.5. The van der Waals surface area contributed by atoms with Crippen molar-refractivity contribution in [3.05, 3.63) is 72.1 Å². The molecule has 8 heteroatoms. The summed E-state index contributed by atoms with van der Waals surface area (Å²) in [5.74, 6) is -0.133. The first kappa shape index (κ1) is 23.1. The van der Waals surface area contributed by atoms with Crippen LogP contribution in [0.2, 0.25) is 0 Å². The number of anilines is 1. The summed E-state index contributed by atoms with van der Waals surface area (Å²) in [5, 5.41) is 7.74. The molecule has 3 heterocycles. The van der Waals surface area contributed by atoms with Crippen LogP contribution in [0.15, 0.2) is 55.2 Å². The summed E-state index contributed by atoms with van der Waals surface area (Å²) in [5.41, 5.74) is 11.6. The maximum absolute atomic E-state index is 13.3. The van der Waals surface area contributed by atoms with E-state index in [1.54, 1.807) is 18.7 Å². The van der Waals surface area contributed by atoms with E-state index in [4.69, 9.17) is 5.73 Å². The second-order valence-corrected chi connectivity index (χ2v) is 9.43. The first-order chi connectivity index (χ1) is 17.1. The minimum absolute atomic E-state index is 0.133. The SMILES string of the molecule is CCCc1cc2c(NC3CCC(N)CC3)c(C(=O)NCc3ccc(-n4ccnc4)cc3)cnc2[nH]1.